The second kappa shape index (κ2) is 11.8. The zero-order valence-corrected chi connectivity index (χ0v) is 20.2. The number of ether oxygens (including phenoxy) is 1. The Balaban J connectivity index is 1.54. The van der Waals surface area contributed by atoms with Gasteiger partial charge in [-0.05, 0) is 31.4 Å². The number of benzene rings is 1. The Bertz CT molecular complexity index is 942. The fourth-order valence-corrected chi connectivity index (χ4v) is 4.50. The highest BCUT2D eigenvalue weighted by atomic mass is 32.1. The van der Waals surface area contributed by atoms with Crippen LogP contribution in [0, 0.1) is 0 Å². The number of hydrogen-bond donors (Lipinski definition) is 2. The minimum absolute atomic E-state index is 0.387. The van der Waals surface area contributed by atoms with Crippen molar-refractivity contribution in [2.75, 3.05) is 43.4 Å². The predicted octanol–water partition coefficient (Wildman–Crippen LogP) is 3.25. The van der Waals surface area contributed by atoms with Gasteiger partial charge in [0.2, 0.25) is 11.9 Å². The Labute approximate surface area is 202 Å². The summed E-state index contributed by atoms with van der Waals surface area (Å²) in [4.78, 5) is 6.33. The topological polar surface area (TPSA) is 95.2 Å². The third-order valence-electron chi connectivity index (χ3n) is 5.98. The van der Waals surface area contributed by atoms with E-state index in [0.717, 1.165) is 31.8 Å². The fraction of sp³-hybridized carbons (Fsp3) is 0.458. The first-order valence-electron chi connectivity index (χ1n) is 11.5. The lowest BCUT2D eigenvalue weighted by Crippen LogP contribution is -2.57. The number of piperidine rings is 1. The maximum absolute atomic E-state index is 6.14. The van der Waals surface area contributed by atoms with Crippen LogP contribution in [0.25, 0.3) is 0 Å². The van der Waals surface area contributed by atoms with Crippen LogP contribution in [-0.2, 0) is 13.1 Å². The van der Waals surface area contributed by atoms with Gasteiger partial charge in [-0.3, -0.25) is 4.48 Å². The number of anilines is 2. The van der Waals surface area contributed by atoms with Gasteiger partial charge in [0, 0.05) is 43.8 Å². The van der Waals surface area contributed by atoms with Crippen LogP contribution in [0.4, 0.5) is 11.9 Å². The molecule has 3 rings (SSSR count). The van der Waals surface area contributed by atoms with Crippen LogP contribution in [0.2, 0.25) is 0 Å². The SMILES string of the molecule is C=CCN(CC=C)c1nc(N)n(CCCOc2cccc(C[N+]3(C(N)=S)CCCCC3)c2)n1. The molecule has 1 aromatic carbocycles. The Morgan fingerprint density at radius 3 is 2.61 bits per heavy atom. The Kier molecular flexibility index (Phi) is 8.85. The maximum atomic E-state index is 6.14. The largest absolute Gasteiger partial charge is 0.494 e. The van der Waals surface area contributed by atoms with Crippen molar-refractivity contribution in [2.45, 2.75) is 38.8 Å². The molecule has 9 heteroatoms. The number of quaternary nitrogens is 1. The lowest BCUT2D eigenvalue weighted by Gasteiger charge is -2.39. The molecule has 0 unspecified atom stereocenters. The molecule has 8 nitrogen and oxygen atoms in total. The van der Waals surface area contributed by atoms with Crippen LogP contribution in [0.15, 0.2) is 49.6 Å². The number of aromatic nitrogens is 3. The normalized spacial score (nSPS) is 15.0. The van der Waals surface area contributed by atoms with Gasteiger partial charge in [0.25, 0.3) is 5.11 Å². The second-order valence-electron chi connectivity index (χ2n) is 8.47. The van der Waals surface area contributed by atoms with E-state index in [4.69, 9.17) is 28.4 Å². The molecule has 1 fully saturated rings. The smallest absolute Gasteiger partial charge is 0.267 e. The number of rotatable bonds is 12. The Morgan fingerprint density at radius 2 is 1.94 bits per heavy atom. The lowest BCUT2D eigenvalue weighted by molar-refractivity contribution is -0.859. The minimum atomic E-state index is 0.387. The zero-order valence-electron chi connectivity index (χ0n) is 19.4. The molecule has 0 amide bonds. The highest BCUT2D eigenvalue weighted by Gasteiger charge is 2.33. The van der Waals surface area contributed by atoms with Crippen LogP contribution in [0.5, 0.6) is 5.75 Å². The van der Waals surface area contributed by atoms with Crippen molar-refractivity contribution in [1.82, 2.24) is 14.8 Å². The highest BCUT2D eigenvalue weighted by Crippen LogP contribution is 2.24. The van der Waals surface area contributed by atoms with Crippen LogP contribution in [0.1, 0.15) is 31.2 Å². The average molecular weight is 471 g/mol. The molecule has 4 N–H and O–H groups in total. The summed E-state index contributed by atoms with van der Waals surface area (Å²) in [6, 6.07) is 8.22. The quantitative estimate of drug-likeness (QED) is 0.213. The van der Waals surface area contributed by atoms with Crippen molar-refractivity contribution in [2.24, 2.45) is 5.73 Å². The average Bonchev–Trinajstić information content (AvgIpc) is 3.17. The number of nitrogen functional groups attached to an aromatic ring is 1. The van der Waals surface area contributed by atoms with Gasteiger partial charge in [-0.25, -0.2) is 4.68 Å². The molecular formula is C24H36N7OS+. The van der Waals surface area contributed by atoms with Gasteiger partial charge in [-0.15, -0.1) is 18.3 Å². The van der Waals surface area contributed by atoms with E-state index < -0.39 is 0 Å². The highest BCUT2D eigenvalue weighted by molar-refractivity contribution is 7.79. The van der Waals surface area contributed by atoms with Gasteiger partial charge < -0.3 is 21.1 Å². The molecular weight excluding hydrogens is 434 g/mol. The number of aryl methyl sites for hydroxylation is 1. The summed E-state index contributed by atoms with van der Waals surface area (Å²) >= 11 is 5.43. The molecule has 2 aromatic rings. The van der Waals surface area contributed by atoms with Crippen molar-refractivity contribution in [3.63, 3.8) is 0 Å². The number of thiocarbonyl (C=S) groups is 1. The van der Waals surface area contributed by atoms with E-state index in [9.17, 15) is 0 Å². The van der Waals surface area contributed by atoms with Crippen LogP contribution in [0.3, 0.4) is 0 Å². The van der Waals surface area contributed by atoms with Crippen molar-refractivity contribution in [3.8, 4) is 5.75 Å². The molecule has 0 spiro atoms. The van der Waals surface area contributed by atoms with Crippen LogP contribution >= 0.6 is 12.2 Å². The summed E-state index contributed by atoms with van der Waals surface area (Å²) in [6.45, 7) is 12.8. The van der Waals surface area contributed by atoms with Gasteiger partial charge >= 0.3 is 0 Å². The first-order valence-corrected chi connectivity index (χ1v) is 11.9. The van der Waals surface area contributed by atoms with E-state index >= 15 is 0 Å². The molecule has 1 aliphatic heterocycles. The number of nitrogens with two attached hydrogens (primary N) is 2. The maximum Gasteiger partial charge on any atom is 0.267 e. The lowest BCUT2D eigenvalue weighted by atomic mass is 10.1. The van der Waals surface area contributed by atoms with E-state index in [1.807, 2.05) is 17.0 Å². The molecule has 1 aromatic heterocycles. The molecule has 0 bridgehead atoms. The van der Waals surface area contributed by atoms with Crippen molar-refractivity contribution in [3.05, 3.63) is 55.1 Å². The Morgan fingerprint density at radius 1 is 1.21 bits per heavy atom. The molecule has 1 saturated heterocycles. The monoisotopic (exact) mass is 470 g/mol. The van der Waals surface area contributed by atoms with E-state index in [0.29, 0.717) is 47.7 Å². The first kappa shape index (κ1) is 24.7. The van der Waals surface area contributed by atoms with Crippen molar-refractivity contribution < 1.29 is 9.22 Å². The van der Waals surface area contributed by atoms with Gasteiger partial charge in [0.05, 0.1) is 19.7 Å². The molecule has 0 radical (unpaired) electrons. The summed E-state index contributed by atoms with van der Waals surface area (Å²) in [5.74, 6) is 1.81. The summed E-state index contributed by atoms with van der Waals surface area (Å²) in [7, 11) is 0. The standard InChI is InChI=1S/C24H35N7OS/c1-3-12-29(13-4-2)24-27-22(25)30(28-24)14-9-17-32-21-11-8-10-20(18-21)19-31(23(26)33)15-6-5-7-16-31/h3-4,8,10-11,18H,1-2,5-7,9,12-17,19H2,(H3-,25,26,27,28,33)/p+1. The van der Waals surface area contributed by atoms with Gasteiger partial charge in [-0.2, -0.15) is 4.98 Å². The number of nitrogens with zero attached hydrogens (tertiary/aromatic N) is 5. The fourth-order valence-electron chi connectivity index (χ4n) is 4.25. The van der Waals surface area contributed by atoms with Gasteiger partial charge in [0.15, 0.2) is 0 Å². The Hall–Kier alpha value is -2.91. The summed E-state index contributed by atoms with van der Waals surface area (Å²) < 4.78 is 8.42. The molecule has 2 heterocycles. The van der Waals surface area contributed by atoms with Gasteiger partial charge in [0.1, 0.15) is 12.3 Å². The van der Waals surface area contributed by atoms with Crippen molar-refractivity contribution >= 4 is 29.2 Å². The molecule has 0 aliphatic carbocycles. The molecule has 0 saturated carbocycles. The van der Waals surface area contributed by atoms with Crippen LogP contribution in [-0.4, -0.2) is 57.1 Å². The third-order valence-corrected chi connectivity index (χ3v) is 6.36. The molecule has 178 valence electrons. The van der Waals surface area contributed by atoms with Gasteiger partial charge in [-0.1, -0.05) is 24.3 Å². The first-order chi connectivity index (χ1) is 16.0. The molecule has 1 aliphatic rings. The number of hydrogen-bond acceptors (Lipinski definition) is 6. The van der Waals surface area contributed by atoms with Crippen molar-refractivity contribution in [1.29, 1.82) is 0 Å². The van der Waals surface area contributed by atoms with E-state index in [-0.39, 0.29) is 0 Å². The molecule has 0 atom stereocenters. The van der Waals surface area contributed by atoms with Crippen LogP contribution < -0.4 is 21.1 Å². The zero-order chi connectivity index (χ0) is 23.7. The van der Waals surface area contributed by atoms with E-state index in [2.05, 4.69) is 35.4 Å². The summed E-state index contributed by atoms with van der Waals surface area (Å²) in [5, 5.41) is 5.11. The summed E-state index contributed by atoms with van der Waals surface area (Å²) in [5.41, 5.74) is 13.4. The minimum Gasteiger partial charge on any atom is -0.494 e. The number of likely N-dealkylation sites (tertiary alicyclic amines) is 1. The predicted molar refractivity (Wildman–Crippen MR) is 138 cm³/mol. The second-order valence-corrected chi connectivity index (χ2v) is 8.89. The van der Waals surface area contributed by atoms with E-state index in [1.54, 1.807) is 16.8 Å². The van der Waals surface area contributed by atoms with E-state index in [1.165, 1.54) is 24.8 Å². The summed E-state index contributed by atoms with van der Waals surface area (Å²) in [6.07, 6.45) is 7.95. The molecule has 33 heavy (non-hydrogen) atoms. The third kappa shape index (κ3) is 6.55.